The van der Waals surface area contributed by atoms with E-state index < -0.39 is 16.9 Å². The summed E-state index contributed by atoms with van der Waals surface area (Å²) in [6, 6.07) is 1.07. The standard InChI is InChI=1S/C12H11ClF3N3/c1-2-6-5-8(12(14,15)16)9(13)19-11(6)17-10(18-19)7-3-4-7/h5,7H,2-4H2,1H3. The van der Waals surface area contributed by atoms with E-state index in [4.69, 9.17) is 11.6 Å². The molecule has 0 unspecified atom stereocenters. The molecular formula is C12H11ClF3N3. The number of aryl methyl sites for hydroxylation is 1. The molecular weight excluding hydrogens is 279 g/mol. The van der Waals surface area contributed by atoms with Crippen LogP contribution in [0.3, 0.4) is 0 Å². The van der Waals surface area contributed by atoms with Crippen LogP contribution in [-0.2, 0) is 12.6 Å². The van der Waals surface area contributed by atoms with Crippen LogP contribution in [0.5, 0.6) is 0 Å². The number of hydrogen-bond donors (Lipinski definition) is 0. The smallest absolute Gasteiger partial charge is 0.211 e. The van der Waals surface area contributed by atoms with E-state index in [0.717, 1.165) is 23.4 Å². The van der Waals surface area contributed by atoms with Crippen molar-refractivity contribution in [2.24, 2.45) is 0 Å². The summed E-state index contributed by atoms with van der Waals surface area (Å²) in [4.78, 5) is 4.33. The summed E-state index contributed by atoms with van der Waals surface area (Å²) in [6.07, 6.45) is -2.06. The third-order valence-corrected chi connectivity index (χ3v) is 3.63. The molecule has 2 aromatic heterocycles. The molecule has 0 atom stereocenters. The average Bonchev–Trinajstić information content (AvgIpc) is 3.08. The number of aromatic nitrogens is 3. The molecule has 2 heterocycles. The van der Waals surface area contributed by atoms with Crippen LogP contribution in [0.25, 0.3) is 5.65 Å². The van der Waals surface area contributed by atoms with Gasteiger partial charge in [-0.2, -0.15) is 13.2 Å². The molecule has 0 N–H and O–H groups in total. The van der Waals surface area contributed by atoms with Gasteiger partial charge in [0.15, 0.2) is 11.5 Å². The van der Waals surface area contributed by atoms with Crippen LogP contribution < -0.4 is 0 Å². The minimum atomic E-state index is -4.49. The SMILES string of the molecule is CCc1cc(C(F)(F)F)c(Cl)n2nc(C3CC3)nc12. The highest BCUT2D eigenvalue weighted by Crippen LogP contribution is 2.40. The van der Waals surface area contributed by atoms with E-state index in [-0.39, 0.29) is 5.92 Å². The maximum atomic E-state index is 12.9. The van der Waals surface area contributed by atoms with Gasteiger partial charge in [-0.1, -0.05) is 18.5 Å². The maximum Gasteiger partial charge on any atom is 0.419 e. The van der Waals surface area contributed by atoms with Crippen LogP contribution in [0.1, 0.15) is 42.6 Å². The third kappa shape index (κ3) is 2.08. The van der Waals surface area contributed by atoms with Crippen molar-refractivity contribution in [1.29, 1.82) is 0 Å². The first-order chi connectivity index (χ1) is 8.91. The minimum Gasteiger partial charge on any atom is -0.211 e. The lowest BCUT2D eigenvalue weighted by Gasteiger charge is -2.11. The number of rotatable bonds is 2. The van der Waals surface area contributed by atoms with E-state index in [1.165, 1.54) is 0 Å². The van der Waals surface area contributed by atoms with Gasteiger partial charge in [-0.05, 0) is 30.9 Å². The Morgan fingerprint density at radius 2 is 2.11 bits per heavy atom. The highest BCUT2D eigenvalue weighted by Gasteiger charge is 2.36. The first-order valence-electron chi connectivity index (χ1n) is 6.07. The Labute approximate surface area is 112 Å². The van der Waals surface area contributed by atoms with Crippen LogP contribution in [-0.4, -0.2) is 14.6 Å². The normalized spacial score (nSPS) is 16.3. The largest absolute Gasteiger partial charge is 0.419 e. The summed E-state index contributed by atoms with van der Waals surface area (Å²) in [5.41, 5.74) is 0.0873. The molecule has 0 radical (unpaired) electrons. The van der Waals surface area contributed by atoms with E-state index in [1.54, 1.807) is 6.92 Å². The zero-order valence-corrected chi connectivity index (χ0v) is 10.9. The van der Waals surface area contributed by atoms with Crippen molar-refractivity contribution in [2.75, 3.05) is 0 Å². The Balaban J connectivity index is 2.28. The van der Waals surface area contributed by atoms with Gasteiger partial charge in [0.1, 0.15) is 5.15 Å². The van der Waals surface area contributed by atoms with Crippen molar-refractivity contribution in [1.82, 2.24) is 14.6 Å². The van der Waals surface area contributed by atoms with Crippen LogP contribution in [0.2, 0.25) is 5.15 Å². The van der Waals surface area contributed by atoms with Gasteiger partial charge in [-0.15, -0.1) is 5.10 Å². The molecule has 7 heteroatoms. The number of nitrogens with zero attached hydrogens (tertiary/aromatic N) is 3. The fraction of sp³-hybridized carbons (Fsp3) is 0.500. The molecule has 102 valence electrons. The monoisotopic (exact) mass is 289 g/mol. The number of hydrogen-bond acceptors (Lipinski definition) is 2. The molecule has 1 fully saturated rings. The van der Waals surface area contributed by atoms with Gasteiger partial charge in [0.2, 0.25) is 0 Å². The number of pyridine rings is 1. The number of halogens is 4. The summed E-state index contributed by atoms with van der Waals surface area (Å²) < 4.78 is 39.9. The number of fused-ring (bicyclic) bond motifs is 1. The van der Waals surface area contributed by atoms with Gasteiger partial charge in [0.25, 0.3) is 0 Å². The van der Waals surface area contributed by atoms with Gasteiger partial charge in [-0.25, -0.2) is 9.50 Å². The van der Waals surface area contributed by atoms with Gasteiger partial charge in [0.05, 0.1) is 5.56 Å². The van der Waals surface area contributed by atoms with Gasteiger partial charge in [-0.3, -0.25) is 0 Å². The zero-order chi connectivity index (χ0) is 13.8. The van der Waals surface area contributed by atoms with E-state index in [1.807, 2.05) is 0 Å². The molecule has 2 aromatic rings. The van der Waals surface area contributed by atoms with E-state index in [2.05, 4.69) is 10.1 Å². The Kier molecular flexibility index (Phi) is 2.74. The summed E-state index contributed by atoms with van der Waals surface area (Å²) in [5.74, 6) is 0.867. The van der Waals surface area contributed by atoms with Gasteiger partial charge >= 0.3 is 6.18 Å². The summed E-state index contributed by atoms with van der Waals surface area (Å²) in [5, 5.41) is 3.71. The predicted molar refractivity (Wildman–Crippen MR) is 64.4 cm³/mol. The second-order valence-corrected chi connectivity index (χ2v) is 5.06. The number of alkyl halides is 3. The Bertz CT molecular complexity index is 644. The van der Waals surface area contributed by atoms with Crippen LogP contribution in [0.15, 0.2) is 6.07 Å². The van der Waals surface area contributed by atoms with E-state index in [9.17, 15) is 13.2 Å². The van der Waals surface area contributed by atoms with Crippen molar-refractivity contribution in [3.05, 3.63) is 28.2 Å². The van der Waals surface area contributed by atoms with E-state index in [0.29, 0.717) is 23.5 Å². The molecule has 0 amide bonds. The van der Waals surface area contributed by atoms with Crippen molar-refractivity contribution >= 4 is 17.2 Å². The topological polar surface area (TPSA) is 30.2 Å². The van der Waals surface area contributed by atoms with Crippen molar-refractivity contribution < 1.29 is 13.2 Å². The fourth-order valence-electron chi connectivity index (χ4n) is 2.06. The summed E-state index contributed by atoms with van der Waals surface area (Å²) in [6.45, 7) is 1.79. The minimum absolute atomic E-state index is 0.273. The maximum absolute atomic E-state index is 12.9. The molecule has 1 aliphatic carbocycles. The lowest BCUT2D eigenvalue weighted by atomic mass is 10.1. The molecule has 0 bridgehead atoms. The summed E-state index contributed by atoms with van der Waals surface area (Å²) in [7, 11) is 0. The second-order valence-electron chi connectivity index (χ2n) is 4.71. The molecule has 1 aliphatic rings. The molecule has 3 rings (SSSR count). The average molecular weight is 290 g/mol. The predicted octanol–water partition coefficient (Wildman–Crippen LogP) is 3.84. The third-order valence-electron chi connectivity index (χ3n) is 3.27. The Morgan fingerprint density at radius 3 is 2.63 bits per heavy atom. The van der Waals surface area contributed by atoms with Crippen molar-refractivity contribution in [2.45, 2.75) is 38.3 Å². The summed E-state index contributed by atoms with van der Waals surface area (Å²) >= 11 is 5.83. The van der Waals surface area contributed by atoms with Crippen LogP contribution >= 0.6 is 11.6 Å². The molecule has 3 nitrogen and oxygen atoms in total. The molecule has 0 aromatic carbocycles. The zero-order valence-electron chi connectivity index (χ0n) is 10.1. The first-order valence-corrected chi connectivity index (χ1v) is 6.45. The second kappa shape index (κ2) is 4.10. The van der Waals surface area contributed by atoms with Gasteiger partial charge in [0, 0.05) is 5.92 Å². The molecule has 0 saturated heterocycles. The lowest BCUT2D eigenvalue weighted by Crippen LogP contribution is -2.10. The quantitative estimate of drug-likeness (QED) is 0.786. The fourth-order valence-corrected chi connectivity index (χ4v) is 2.34. The Hall–Kier alpha value is -1.30. The van der Waals surface area contributed by atoms with Crippen molar-refractivity contribution in [3.8, 4) is 0 Å². The lowest BCUT2D eigenvalue weighted by molar-refractivity contribution is -0.137. The van der Waals surface area contributed by atoms with Crippen LogP contribution in [0.4, 0.5) is 13.2 Å². The van der Waals surface area contributed by atoms with E-state index >= 15 is 0 Å². The molecule has 19 heavy (non-hydrogen) atoms. The highest BCUT2D eigenvalue weighted by molar-refractivity contribution is 6.30. The van der Waals surface area contributed by atoms with Crippen LogP contribution in [0, 0.1) is 0 Å². The first kappa shape index (κ1) is 12.7. The molecule has 0 aliphatic heterocycles. The molecule has 0 spiro atoms. The molecule has 1 saturated carbocycles. The Morgan fingerprint density at radius 1 is 1.42 bits per heavy atom. The van der Waals surface area contributed by atoms with Crippen molar-refractivity contribution in [3.63, 3.8) is 0 Å². The van der Waals surface area contributed by atoms with Gasteiger partial charge < -0.3 is 0 Å². The highest BCUT2D eigenvalue weighted by atomic mass is 35.5.